The zero-order chi connectivity index (χ0) is 15.0. The van der Waals surface area contributed by atoms with Gasteiger partial charge in [-0.05, 0) is 19.8 Å². The minimum atomic E-state index is -0.264. The van der Waals surface area contributed by atoms with Crippen LogP contribution in [-0.2, 0) is 4.79 Å². The highest BCUT2D eigenvalue weighted by atomic mass is 16.1. The maximum Gasteiger partial charge on any atom is 0.222 e. The van der Waals surface area contributed by atoms with Crippen LogP contribution in [0.15, 0.2) is 18.6 Å². The summed E-state index contributed by atoms with van der Waals surface area (Å²) in [6, 6.07) is 0.265. The molecule has 1 fully saturated rings. The maximum absolute atomic E-state index is 11.5. The number of aromatic nitrogens is 3. The van der Waals surface area contributed by atoms with Crippen molar-refractivity contribution in [3.05, 3.63) is 18.6 Å². The van der Waals surface area contributed by atoms with Crippen molar-refractivity contribution in [2.24, 2.45) is 17.5 Å². The van der Waals surface area contributed by atoms with E-state index in [1.165, 1.54) is 0 Å². The average molecular weight is 289 g/mol. The lowest BCUT2D eigenvalue weighted by molar-refractivity contribution is -0.122. The number of hydrogen-bond donors (Lipinski definition) is 3. The van der Waals surface area contributed by atoms with Gasteiger partial charge in [-0.3, -0.25) is 4.79 Å². The maximum atomic E-state index is 11.5. The van der Waals surface area contributed by atoms with Crippen LogP contribution in [0.5, 0.6) is 0 Å². The van der Waals surface area contributed by atoms with Crippen LogP contribution in [0.25, 0.3) is 5.65 Å². The number of anilines is 2. The van der Waals surface area contributed by atoms with E-state index in [9.17, 15) is 4.79 Å². The highest BCUT2D eigenvalue weighted by Crippen LogP contribution is 2.29. The number of imidazole rings is 1. The summed E-state index contributed by atoms with van der Waals surface area (Å²) in [5.41, 5.74) is 8.76. The van der Waals surface area contributed by atoms with Crippen molar-refractivity contribution in [2.75, 3.05) is 16.9 Å². The first-order valence-corrected chi connectivity index (χ1v) is 6.96. The van der Waals surface area contributed by atoms with Gasteiger partial charge in [-0.25, -0.2) is 15.8 Å². The van der Waals surface area contributed by atoms with Gasteiger partial charge in [0.05, 0.1) is 12.1 Å². The summed E-state index contributed by atoms with van der Waals surface area (Å²) >= 11 is 0. The zero-order valence-electron chi connectivity index (χ0n) is 11.9. The number of nitrogens with one attached hydrogen (secondary N) is 1. The monoisotopic (exact) mass is 289 g/mol. The Hall–Kier alpha value is -2.35. The van der Waals surface area contributed by atoms with Gasteiger partial charge in [-0.1, -0.05) is 0 Å². The normalized spacial score (nSPS) is 22.5. The number of hydrazine groups is 1. The third kappa shape index (κ3) is 2.38. The summed E-state index contributed by atoms with van der Waals surface area (Å²) in [5, 5.41) is 0. The molecule has 0 bridgehead atoms. The Morgan fingerprint density at radius 2 is 2.29 bits per heavy atom. The third-order valence-corrected chi connectivity index (χ3v) is 4.06. The molecule has 21 heavy (non-hydrogen) atoms. The van der Waals surface area contributed by atoms with Crippen molar-refractivity contribution in [2.45, 2.75) is 25.8 Å². The number of carbonyl (C=O) groups excluding carboxylic acids is 1. The number of hydrogen-bond acceptors (Lipinski definition) is 6. The molecule has 1 aliphatic rings. The first kappa shape index (κ1) is 13.6. The number of nitrogen functional groups attached to an aromatic ring is 1. The van der Waals surface area contributed by atoms with E-state index in [0.29, 0.717) is 18.2 Å². The van der Waals surface area contributed by atoms with E-state index in [1.807, 2.05) is 10.6 Å². The molecular weight excluding hydrogens is 270 g/mol. The SMILES string of the molecule is CC1CCC(C(N)=O)CN1c1nc(NN)cn2ccnc12. The highest BCUT2D eigenvalue weighted by molar-refractivity contribution is 5.78. The molecule has 0 radical (unpaired) electrons. The van der Waals surface area contributed by atoms with Crippen molar-refractivity contribution in [3.63, 3.8) is 0 Å². The van der Waals surface area contributed by atoms with Gasteiger partial charge in [0.1, 0.15) is 0 Å². The first-order chi connectivity index (χ1) is 10.1. The smallest absolute Gasteiger partial charge is 0.222 e. The molecule has 8 nitrogen and oxygen atoms in total. The molecule has 2 unspecified atom stereocenters. The lowest BCUT2D eigenvalue weighted by Gasteiger charge is -2.37. The molecule has 0 aromatic carbocycles. The average Bonchev–Trinajstić information content (AvgIpc) is 2.94. The van der Waals surface area contributed by atoms with E-state index in [-0.39, 0.29) is 17.9 Å². The third-order valence-electron chi connectivity index (χ3n) is 4.06. The van der Waals surface area contributed by atoms with E-state index in [4.69, 9.17) is 11.6 Å². The van der Waals surface area contributed by atoms with Gasteiger partial charge in [0.25, 0.3) is 0 Å². The van der Waals surface area contributed by atoms with E-state index >= 15 is 0 Å². The Morgan fingerprint density at radius 1 is 1.48 bits per heavy atom. The summed E-state index contributed by atoms with van der Waals surface area (Å²) in [4.78, 5) is 22.4. The molecule has 3 rings (SSSR count). The quantitative estimate of drug-likeness (QED) is 0.545. The summed E-state index contributed by atoms with van der Waals surface area (Å²) in [7, 11) is 0. The van der Waals surface area contributed by atoms with E-state index in [0.717, 1.165) is 18.5 Å². The molecule has 1 aliphatic heterocycles. The summed E-state index contributed by atoms with van der Waals surface area (Å²) in [5.74, 6) is 6.32. The fraction of sp³-hybridized carbons (Fsp3) is 0.462. The van der Waals surface area contributed by atoms with Crippen LogP contribution in [0.2, 0.25) is 0 Å². The fourth-order valence-corrected chi connectivity index (χ4v) is 2.81. The molecular formula is C13H19N7O. The van der Waals surface area contributed by atoms with Crippen molar-refractivity contribution in [1.29, 1.82) is 0 Å². The molecule has 3 heterocycles. The number of piperidine rings is 1. The Morgan fingerprint density at radius 3 is 3.00 bits per heavy atom. The Labute approximate surface area is 122 Å². The standard InChI is InChI=1S/C13H19N7O/c1-8-2-3-9(11(14)21)6-20(8)13-12-16-4-5-19(12)7-10(17-13)18-15/h4-5,7-9,18H,2-3,6,15H2,1H3,(H2,14,21). The molecule has 0 spiro atoms. The minimum absolute atomic E-state index is 0.160. The predicted octanol–water partition coefficient (Wildman–Crippen LogP) is 0.105. The first-order valence-electron chi connectivity index (χ1n) is 6.96. The number of nitrogens with two attached hydrogens (primary N) is 2. The van der Waals surface area contributed by atoms with Crippen LogP contribution in [-0.4, -0.2) is 32.9 Å². The van der Waals surface area contributed by atoms with Gasteiger partial charge in [-0.2, -0.15) is 0 Å². The van der Waals surface area contributed by atoms with Crippen molar-refractivity contribution >= 4 is 23.2 Å². The number of amides is 1. The molecule has 1 saturated heterocycles. The van der Waals surface area contributed by atoms with Gasteiger partial charge in [0.2, 0.25) is 5.91 Å². The summed E-state index contributed by atoms with van der Waals surface area (Å²) in [6.45, 7) is 2.67. The molecule has 1 amide bonds. The van der Waals surface area contributed by atoms with Crippen LogP contribution in [0.3, 0.4) is 0 Å². The van der Waals surface area contributed by atoms with Crippen LogP contribution < -0.4 is 21.9 Å². The number of primary amides is 1. The Bertz CT molecular complexity index is 668. The van der Waals surface area contributed by atoms with Crippen LogP contribution in [0.4, 0.5) is 11.6 Å². The van der Waals surface area contributed by atoms with Crippen LogP contribution >= 0.6 is 0 Å². The Balaban J connectivity index is 2.04. The number of fused-ring (bicyclic) bond motifs is 1. The lowest BCUT2D eigenvalue weighted by atomic mass is 9.93. The van der Waals surface area contributed by atoms with Gasteiger partial charge >= 0.3 is 0 Å². The van der Waals surface area contributed by atoms with Gasteiger partial charge in [0.15, 0.2) is 17.3 Å². The molecule has 2 aromatic heterocycles. The summed E-state index contributed by atoms with van der Waals surface area (Å²) < 4.78 is 1.86. The van der Waals surface area contributed by atoms with Crippen molar-refractivity contribution in [3.8, 4) is 0 Å². The van der Waals surface area contributed by atoms with Crippen molar-refractivity contribution in [1.82, 2.24) is 14.4 Å². The van der Waals surface area contributed by atoms with E-state index < -0.39 is 0 Å². The van der Waals surface area contributed by atoms with E-state index in [2.05, 4.69) is 27.2 Å². The molecule has 0 aliphatic carbocycles. The second-order valence-corrected chi connectivity index (χ2v) is 5.43. The topological polar surface area (TPSA) is 115 Å². The second-order valence-electron chi connectivity index (χ2n) is 5.43. The summed E-state index contributed by atoms with van der Waals surface area (Å²) in [6.07, 6.45) is 7.02. The van der Waals surface area contributed by atoms with Gasteiger partial charge in [0, 0.05) is 25.0 Å². The molecule has 5 N–H and O–H groups in total. The molecule has 2 aromatic rings. The molecule has 112 valence electrons. The van der Waals surface area contributed by atoms with Crippen molar-refractivity contribution < 1.29 is 4.79 Å². The lowest BCUT2D eigenvalue weighted by Crippen LogP contribution is -2.46. The molecule has 0 saturated carbocycles. The van der Waals surface area contributed by atoms with Crippen LogP contribution in [0, 0.1) is 5.92 Å². The molecule has 8 heteroatoms. The second kappa shape index (κ2) is 5.21. The predicted molar refractivity (Wildman–Crippen MR) is 79.5 cm³/mol. The number of rotatable bonds is 3. The zero-order valence-corrected chi connectivity index (χ0v) is 11.9. The highest BCUT2D eigenvalue weighted by Gasteiger charge is 2.31. The van der Waals surface area contributed by atoms with Gasteiger partial charge in [-0.15, -0.1) is 0 Å². The minimum Gasteiger partial charge on any atom is -0.369 e. The largest absolute Gasteiger partial charge is 0.369 e. The van der Waals surface area contributed by atoms with E-state index in [1.54, 1.807) is 12.4 Å². The molecule has 2 atom stereocenters. The number of nitrogens with zero attached hydrogens (tertiary/aromatic N) is 4. The van der Waals surface area contributed by atoms with Gasteiger partial charge < -0.3 is 20.5 Å². The number of carbonyl (C=O) groups is 1. The Kier molecular flexibility index (Phi) is 3.38. The fourth-order valence-electron chi connectivity index (χ4n) is 2.81. The van der Waals surface area contributed by atoms with Crippen LogP contribution in [0.1, 0.15) is 19.8 Å².